The number of hydrogen-bond donors (Lipinski definition) is 1. The number of nitrogens with two attached hydrogens (primary N) is 1. The van der Waals surface area contributed by atoms with Gasteiger partial charge in [0.05, 0.1) is 6.42 Å². The van der Waals surface area contributed by atoms with E-state index in [-0.39, 0.29) is 11.0 Å². The Labute approximate surface area is 78.1 Å². The zero-order valence-corrected chi connectivity index (χ0v) is 8.25. The van der Waals surface area contributed by atoms with Gasteiger partial charge in [0, 0.05) is 21.8 Å². The molecule has 0 saturated heterocycles. The first-order chi connectivity index (χ1) is 5.87. The molecule has 0 rings (SSSR count). The zero-order chi connectivity index (χ0) is 10.5. The van der Waals surface area contributed by atoms with E-state index in [1.807, 2.05) is 0 Å². The van der Waals surface area contributed by atoms with Crippen molar-refractivity contribution in [2.75, 3.05) is 12.3 Å². The summed E-state index contributed by atoms with van der Waals surface area (Å²) in [7, 11) is -1.41. The van der Waals surface area contributed by atoms with Gasteiger partial charge in [-0.25, -0.2) is 0 Å². The molecular formula is C7H14F3NOS. The Morgan fingerprint density at radius 2 is 2.00 bits per heavy atom. The summed E-state index contributed by atoms with van der Waals surface area (Å²) in [5.41, 5.74) is 5.19. The molecule has 80 valence electrons. The average molecular weight is 217 g/mol. The summed E-state index contributed by atoms with van der Waals surface area (Å²) < 4.78 is 46.3. The molecule has 2 unspecified atom stereocenters. The topological polar surface area (TPSA) is 43.1 Å². The largest absolute Gasteiger partial charge is 0.390 e. The van der Waals surface area contributed by atoms with E-state index in [9.17, 15) is 17.4 Å². The molecule has 0 spiro atoms. The predicted molar refractivity (Wildman–Crippen MR) is 46.8 cm³/mol. The van der Waals surface area contributed by atoms with Gasteiger partial charge in [-0.2, -0.15) is 13.2 Å². The zero-order valence-electron chi connectivity index (χ0n) is 7.43. The third-order valence-electron chi connectivity index (χ3n) is 1.61. The summed E-state index contributed by atoms with van der Waals surface area (Å²) in [6.07, 6.45) is -4.68. The third-order valence-corrected chi connectivity index (χ3v) is 3.35. The minimum absolute atomic E-state index is 0.243. The fourth-order valence-corrected chi connectivity index (χ4v) is 2.02. The minimum atomic E-state index is -4.21. The van der Waals surface area contributed by atoms with Crippen LogP contribution in [0.3, 0.4) is 0 Å². The lowest BCUT2D eigenvalue weighted by atomic mass is 10.3. The van der Waals surface area contributed by atoms with Crippen molar-refractivity contribution in [3.63, 3.8) is 0 Å². The predicted octanol–water partition coefficient (Wildman–Crippen LogP) is 1.42. The lowest BCUT2D eigenvalue weighted by Gasteiger charge is -2.11. The smallest absolute Gasteiger partial charge is 0.330 e. The molecule has 2 N–H and O–H groups in total. The SMILES string of the molecule is CC(CCN)S(=O)CCC(F)(F)F. The van der Waals surface area contributed by atoms with E-state index in [0.29, 0.717) is 13.0 Å². The molecule has 6 heteroatoms. The van der Waals surface area contributed by atoms with Gasteiger partial charge in [-0.1, -0.05) is 6.92 Å². The maximum atomic E-state index is 11.7. The average Bonchev–Trinajstić information content (AvgIpc) is 1.99. The molecule has 0 fully saturated rings. The van der Waals surface area contributed by atoms with Crippen LogP contribution in [0.15, 0.2) is 0 Å². The minimum Gasteiger partial charge on any atom is -0.330 e. The van der Waals surface area contributed by atoms with E-state index in [2.05, 4.69) is 0 Å². The lowest BCUT2D eigenvalue weighted by Crippen LogP contribution is -2.21. The lowest BCUT2D eigenvalue weighted by molar-refractivity contribution is -0.129. The van der Waals surface area contributed by atoms with Crippen LogP contribution in [0.2, 0.25) is 0 Å². The van der Waals surface area contributed by atoms with Gasteiger partial charge in [0.2, 0.25) is 0 Å². The summed E-state index contributed by atoms with van der Waals surface area (Å²) in [5, 5.41) is -0.243. The molecule has 2 atom stereocenters. The van der Waals surface area contributed by atoms with Crippen molar-refractivity contribution in [2.45, 2.75) is 31.2 Å². The Morgan fingerprint density at radius 1 is 1.46 bits per heavy atom. The summed E-state index contributed by atoms with van der Waals surface area (Å²) >= 11 is 0. The van der Waals surface area contributed by atoms with Crippen LogP contribution in [0.4, 0.5) is 13.2 Å². The highest BCUT2D eigenvalue weighted by molar-refractivity contribution is 7.85. The second-order valence-electron chi connectivity index (χ2n) is 2.84. The first-order valence-corrected chi connectivity index (χ1v) is 5.39. The fraction of sp³-hybridized carbons (Fsp3) is 1.00. The van der Waals surface area contributed by atoms with Gasteiger partial charge >= 0.3 is 6.18 Å². The standard InChI is InChI=1S/C7H14F3NOS/c1-6(2-4-11)13(12)5-3-7(8,9)10/h6H,2-5,11H2,1H3. The molecule has 0 bridgehead atoms. The van der Waals surface area contributed by atoms with Crippen molar-refractivity contribution in [2.24, 2.45) is 5.73 Å². The van der Waals surface area contributed by atoms with Gasteiger partial charge in [0.25, 0.3) is 0 Å². The second-order valence-corrected chi connectivity index (χ2v) is 4.81. The molecular weight excluding hydrogens is 203 g/mol. The van der Waals surface area contributed by atoms with Gasteiger partial charge < -0.3 is 5.73 Å². The summed E-state index contributed by atoms with van der Waals surface area (Å²) in [6.45, 7) is 2.01. The van der Waals surface area contributed by atoms with Crippen molar-refractivity contribution in [3.05, 3.63) is 0 Å². The molecule has 0 heterocycles. The van der Waals surface area contributed by atoms with Crippen LogP contribution in [0.5, 0.6) is 0 Å². The van der Waals surface area contributed by atoms with Crippen molar-refractivity contribution in [1.82, 2.24) is 0 Å². The van der Waals surface area contributed by atoms with Gasteiger partial charge in [-0.15, -0.1) is 0 Å². The Bertz CT molecular complexity index is 172. The first-order valence-electron chi connectivity index (χ1n) is 4.01. The molecule has 0 aromatic rings. The van der Waals surface area contributed by atoms with E-state index >= 15 is 0 Å². The molecule has 13 heavy (non-hydrogen) atoms. The third kappa shape index (κ3) is 7.01. The van der Waals surface area contributed by atoms with E-state index < -0.39 is 23.4 Å². The molecule has 0 aliphatic heterocycles. The highest BCUT2D eigenvalue weighted by Crippen LogP contribution is 2.20. The molecule has 0 aliphatic carbocycles. The monoisotopic (exact) mass is 217 g/mol. The number of rotatable bonds is 5. The number of alkyl halides is 3. The molecule has 0 saturated carbocycles. The summed E-state index contributed by atoms with van der Waals surface area (Å²) in [4.78, 5) is 0. The van der Waals surface area contributed by atoms with Gasteiger partial charge in [-0.3, -0.25) is 4.21 Å². The Morgan fingerprint density at radius 3 is 2.38 bits per heavy atom. The number of hydrogen-bond acceptors (Lipinski definition) is 2. The molecule has 0 aromatic carbocycles. The summed E-state index contributed by atoms with van der Waals surface area (Å²) in [6, 6.07) is 0. The van der Waals surface area contributed by atoms with Crippen LogP contribution >= 0.6 is 0 Å². The molecule has 0 radical (unpaired) electrons. The van der Waals surface area contributed by atoms with Gasteiger partial charge in [0.1, 0.15) is 0 Å². The summed E-state index contributed by atoms with van der Waals surface area (Å²) in [5.74, 6) is -0.315. The van der Waals surface area contributed by atoms with Crippen LogP contribution in [-0.4, -0.2) is 27.9 Å². The molecule has 0 aromatic heterocycles. The first kappa shape index (κ1) is 12.9. The van der Waals surface area contributed by atoms with Crippen molar-refractivity contribution >= 4 is 10.8 Å². The highest BCUT2D eigenvalue weighted by Gasteiger charge is 2.28. The molecule has 2 nitrogen and oxygen atoms in total. The van der Waals surface area contributed by atoms with Crippen LogP contribution in [-0.2, 0) is 10.8 Å². The second kappa shape index (κ2) is 5.59. The number of halogens is 3. The van der Waals surface area contributed by atoms with Gasteiger partial charge in [0.15, 0.2) is 0 Å². The molecule has 0 aliphatic rings. The van der Waals surface area contributed by atoms with Crippen molar-refractivity contribution in [3.8, 4) is 0 Å². The van der Waals surface area contributed by atoms with Crippen LogP contribution in [0, 0.1) is 0 Å². The maximum Gasteiger partial charge on any atom is 0.390 e. The van der Waals surface area contributed by atoms with E-state index in [0.717, 1.165) is 0 Å². The normalized spacial score (nSPS) is 17.0. The Balaban J connectivity index is 3.74. The Hall–Kier alpha value is -0.100. The fourth-order valence-electron chi connectivity index (χ4n) is 0.784. The van der Waals surface area contributed by atoms with E-state index in [1.54, 1.807) is 6.92 Å². The van der Waals surface area contributed by atoms with Crippen molar-refractivity contribution < 1.29 is 17.4 Å². The van der Waals surface area contributed by atoms with Crippen LogP contribution in [0.1, 0.15) is 19.8 Å². The van der Waals surface area contributed by atoms with Crippen molar-refractivity contribution in [1.29, 1.82) is 0 Å². The molecule has 0 amide bonds. The van der Waals surface area contributed by atoms with E-state index in [4.69, 9.17) is 5.73 Å². The Kier molecular flexibility index (Phi) is 5.55. The van der Waals surface area contributed by atoms with Crippen LogP contribution < -0.4 is 5.73 Å². The van der Waals surface area contributed by atoms with Gasteiger partial charge in [-0.05, 0) is 13.0 Å². The quantitative estimate of drug-likeness (QED) is 0.757. The van der Waals surface area contributed by atoms with E-state index in [1.165, 1.54) is 0 Å². The van der Waals surface area contributed by atoms with Crippen LogP contribution in [0.25, 0.3) is 0 Å². The highest BCUT2D eigenvalue weighted by atomic mass is 32.2. The maximum absolute atomic E-state index is 11.7.